The maximum atomic E-state index is 12.8. The third-order valence-corrected chi connectivity index (χ3v) is 4.59. The lowest BCUT2D eigenvalue weighted by Gasteiger charge is -2.41. The number of hydrogen-bond donors (Lipinski definition) is 2. The van der Waals surface area contributed by atoms with Crippen LogP contribution in [0.1, 0.15) is 16.2 Å². The average molecular weight is 451 g/mol. The minimum absolute atomic E-state index is 0.116. The number of nitrogens with zero attached hydrogens (tertiary/aromatic N) is 4. The van der Waals surface area contributed by atoms with E-state index >= 15 is 0 Å². The van der Waals surface area contributed by atoms with Crippen molar-refractivity contribution in [3.63, 3.8) is 0 Å². The Bertz CT molecular complexity index is 1080. The van der Waals surface area contributed by atoms with Crippen molar-refractivity contribution < 1.29 is 32.6 Å². The molecule has 0 radical (unpaired) electrons. The lowest BCUT2D eigenvalue weighted by atomic mass is 10.1. The number of pyridine rings is 2. The summed E-state index contributed by atoms with van der Waals surface area (Å²) < 4.78 is 38.7. The van der Waals surface area contributed by atoms with Gasteiger partial charge in [0, 0.05) is 44.5 Å². The molecule has 1 aliphatic rings. The van der Waals surface area contributed by atoms with Gasteiger partial charge in [-0.3, -0.25) is 14.2 Å². The second kappa shape index (κ2) is 9.64. The van der Waals surface area contributed by atoms with Gasteiger partial charge in [0.05, 0.1) is 18.3 Å². The number of halogens is 3. The van der Waals surface area contributed by atoms with Crippen LogP contribution < -0.4 is 10.2 Å². The van der Waals surface area contributed by atoms with E-state index in [2.05, 4.69) is 20.2 Å². The molecule has 4 rings (SSSR count). The standard InChI is InChI=1S/C18H19N5O2.C2HF3O2/c1-25-12-15-17(23-9-3-2-4-16(23)21-15)18(24)20-13-10-22(11-13)14-5-7-19-8-6-14;3-2(4,5)1(6)7/h2-9,13H,10-12H2,1H3,(H,20,24);(H,6,7). The molecule has 0 aromatic carbocycles. The molecule has 1 saturated heterocycles. The molecule has 4 heterocycles. The van der Waals surface area contributed by atoms with Gasteiger partial charge < -0.3 is 20.1 Å². The Kier molecular flexibility index (Phi) is 6.93. The summed E-state index contributed by atoms with van der Waals surface area (Å²) in [5.74, 6) is -2.88. The molecule has 1 amide bonds. The number of aromatic nitrogens is 3. The SMILES string of the molecule is COCc1nc2ccccn2c1C(=O)NC1CN(c2ccncc2)C1.O=C(O)C(F)(F)F. The van der Waals surface area contributed by atoms with Crippen LogP contribution in [0.4, 0.5) is 18.9 Å². The lowest BCUT2D eigenvalue weighted by Crippen LogP contribution is -2.59. The molecular weight excluding hydrogens is 431 g/mol. The normalized spacial score (nSPS) is 13.8. The van der Waals surface area contributed by atoms with Gasteiger partial charge in [0.15, 0.2) is 0 Å². The highest BCUT2D eigenvalue weighted by atomic mass is 19.4. The van der Waals surface area contributed by atoms with Gasteiger partial charge in [-0.1, -0.05) is 6.07 Å². The maximum absolute atomic E-state index is 12.8. The molecule has 0 spiro atoms. The summed E-state index contributed by atoms with van der Waals surface area (Å²) in [5.41, 5.74) is 3.05. The number of carbonyl (C=O) groups is 2. The van der Waals surface area contributed by atoms with Crippen LogP contribution in [0.3, 0.4) is 0 Å². The molecule has 3 aromatic rings. The topological polar surface area (TPSA) is 109 Å². The fourth-order valence-corrected chi connectivity index (χ4v) is 3.11. The van der Waals surface area contributed by atoms with Crippen molar-refractivity contribution in [2.75, 3.05) is 25.1 Å². The number of carboxylic acid groups (broad SMARTS) is 1. The predicted octanol–water partition coefficient (Wildman–Crippen LogP) is 2.13. The Morgan fingerprint density at radius 1 is 1.22 bits per heavy atom. The second-order valence-electron chi connectivity index (χ2n) is 6.85. The Hall–Kier alpha value is -3.67. The number of alkyl halides is 3. The summed E-state index contributed by atoms with van der Waals surface area (Å²) in [6.45, 7) is 1.87. The largest absolute Gasteiger partial charge is 0.490 e. The molecule has 0 atom stereocenters. The number of carboxylic acids is 1. The van der Waals surface area contributed by atoms with Crippen LogP contribution in [-0.4, -0.2) is 63.8 Å². The van der Waals surface area contributed by atoms with E-state index < -0.39 is 12.1 Å². The van der Waals surface area contributed by atoms with Gasteiger partial charge in [-0.2, -0.15) is 13.2 Å². The van der Waals surface area contributed by atoms with E-state index in [0.717, 1.165) is 24.4 Å². The van der Waals surface area contributed by atoms with E-state index in [0.29, 0.717) is 18.0 Å². The number of rotatable bonds is 5. The molecule has 12 heteroatoms. The van der Waals surface area contributed by atoms with Gasteiger partial charge in [0.1, 0.15) is 11.3 Å². The summed E-state index contributed by atoms with van der Waals surface area (Å²) in [7, 11) is 1.60. The van der Waals surface area contributed by atoms with Crippen LogP contribution in [0.25, 0.3) is 5.65 Å². The lowest BCUT2D eigenvalue weighted by molar-refractivity contribution is -0.192. The highest BCUT2D eigenvalue weighted by molar-refractivity contribution is 5.95. The molecule has 170 valence electrons. The van der Waals surface area contributed by atoms with Crippen LogP contribution in [0.15, 0.2) is 48.9 Å². The Balaban J connectivity index is 0.000000360. The van der Waals surface area contributed by atoms with Crippen molar-refractivity contribution in [2.24, 2.45) is 0 Å². The minimum atomic E-state index is -5.08. The molecule has 32 heavy (non-hydrogen) atoms. The molecule has 3 aromatic heterocycles. The smallest absolute Gasteiger partial charge is 0.475 e. The first kappa shape index (κ1) is 23.0. The van der Waals surface area contributed by atoms with Crippen molar-refractivity contribution in [2.45, 2.75) is 18.8 Å². The number of aliphatic carboxylic acids is 1. The summed E-state index contributed by atoms with van der Waals surface area (Å²) >= 11 is 0. The summed E-state index contributed by atoms with van der Waals surface area (Å²) in [5, 5.41) is 10.2. The molecule has 0 saturated carbocycles. The Morgan fingerprint density at radius 3 is 2.47 bits per heavy atom. The van der Waals surface area contributed by atoms with E-state index in [4.69, 9.17) is 14.6 Å². The van der Waals surface area contributed by atoms with Crippen LogP contribution in [0.5, 0.6) is 0 Å². The number of anilines is 1. The number of methoxy groups -OCH3 is 1. The summed E-state index contributed by atoms with van der Waals surface area (Å²) in [4.78, 5) is 32.4. The van der Waals surface area contributed by atoms with E-state index in [1.54, 1.807) is 19.5 Å². The van der Waals surface area contributed by atoms with Crippen molar-refractivity contribution in [3.05, 3.63) is 60.3 Å². The highest BCUT2D eigenvalue weighted by Crippen LogP contribution is 2.20. The molecular formula is C20H20F3N5O4. The van der Waals surface area contributed by atoms with Crippen LogP contribution in [-0.2, 0) is 16.1 Å². The molecule has 0 aliphatic carbocycles. The number of ether oxygens (including phenoxy) is 1. The molecule has 9 nitrogen and oxygen atoms in total. The summed E-state index contributed by atoms with van der Waals surface area (Å²) in [6.07, 6.45) is 0.313. The fraction of sp³-hybridized carbons (Fsp3) is 0.300. The van der Waals surface area contributed by atoms with Crippen molar-refractivity contribution in [1.29, 1.82) is 0 Å². The Labute approximate surface area is 180 Å². The first-order valence-corrected chi connectivity index (χ1v) is 9.41. The van der Waals surface area contributed by atoms with Gasteiger partial charge in [-0.05, 0) is 24.3 Å². The molecule has 1 fully saturated rings. The number of fused-ring (bicyclic) bond motifs is 1. The van der Waals surface area contributed by atoms with Gasteiger partial charge in [-0.25, -0.2) is 9.78 Å². The van der Waals surface area contributed by atoms with Crippen LogP contribution in [0.2, 0.25) is 0 Å². The van der Waals surface area contributed by atoms with Crippen LogP contribution in [0, 0.1) is 0 Å². The third kappa shape index (κ3) is 5.32. The zero-order chi connectivity index (χ0) is 23.3. The number of amides is 1. The number of imidazole rings is 1. The molecule has 0 unspecified atom stereocenters. The van der Waals surface area contributed by atoms with Gasteiger partial charge >= 0.3 is 12.1 Å². The Morgan fingerprint density at radius 2 is 1.88 bits per heavy atom. The first-order valence-electron chi connectivity index (χ1n) is 9.41. The quantitative estimate of drug-likeness (QED) is 0.612. The molecule has 1 aliphatic heterocycles. The van der Waals surface area contributed by atoms with E-state index in [1.807, 2.05) is 40.9 Å². The summed E-state index contributed by atoms with van der Waals surface area (Å²) in [6, 6.07) is 9.73. The maximum Gasteiger partial charge on any atom is 0.490 e. The molecule has 2 N–H and O–H groups in total. The second-order valence-corrected chi connectivity index (χ2v) is 6.85. The minimum Gasteiger partial charge on any atom is -0.475 e. The van der Waals surface area contributed by atoms with Crippen molar-refractivity contribution in [1.82, 2.24) is 19.7 Å². The van der Waals surface area contributed by atoms with Crippen LogP contribution >= 0.6 is 0 Å². The van der Waals surface area contributed by atoms with Crippen molar-refractivity contribution >= 4 is 23.2 Å². The number of nitrogens with one attached hydrogen (secondary N) is 1. The van der Waals surface area contributed by atoms with E-state index in [9.17, 15) is 18.0 Å². The van der Waals surface area contributed by atoms with E-state index in [-0.39, 0.29) is 11.9 Å². The monoisotopic (exact) mass is 451 g/mol. The fourth-order valence-electron chi connectivity index (χ4n) is 3.11. The average Bonchev–Trinajstić information content (AvgIpc) is 3.09. The van der Waals surface area contributed by atoms with E-state index in [1.165, 1.54) is 0 Å². The first-order chi connectivity index (χ1) is 15.2. The van der Waals surface area contributed by atoms with Gasteiger partial charge in [0.2, 0.25) is 0 Å². The number of hydrogen-bond acceptors (Lipinski definition) is 6. The third-order valence-electron chi connectivity index (χ3n) is 4.59. The predicted molar refractivity (Wildman–Crippen MR) is 107 cm³/mol. The zero-order valence-electron chi connectivity index (χ0n) is 16.9. The zero-order valence-corrected chi connectivity index (χ0v) is 16.9. The number of carbonyl (C=O) groups excluding carboxylic acids is 1. The molecule has 0 bridgehead atoms. The highest BCUT2D eigenvalue weighted by Gasteiger charge is 2.38. The van der Waals surface area contributed by atoms with Gasteiger partial charge in [0.25, 0.3) is 5.91 Å². The van der Waals surface area contributed by atoms with Crippen molar-refractivity contribution in [3.8, 4) is 0 Å². The van der Waals surface area contributed by atoms with Gasteiger partial charge in [-0.15, -0.1) is 0 Å².